The lowest BCUT2D eigenvalue weighted by Gasteiger charge is -2.52. The van der Waals surface area contributed by atoms with Gasteiger partial charge in [0.2, 0.25) is 0 Å². The minimum Gasteiger partial charge on any atom is -0.481 e. The van der Waals surface area contributed by atoms with E-state index in [0.29, 0.717) is 30.8 Å². The Kier molecular flexibility index (Phi) is 11.3. The van der Waals surface area contributed by atoms with Gasteiger partial charge in [-0.1, -0.05) is 68.7 Å². The second-order valence-corrected chi connectivity index (χ2v) is 19.5. The molecule has 7 heteroatoms. The molecule has 6 nitrogen and oxygen atoms in total. The Bertz CT molecular complexity index is 725. The van der Waals surface area contributed by atoms with Crippen molar-refractivity contribution in [3.05, 3.63) is 0 Å². The lowest BCUT2D eigenvalue weighted by molar-refractivity contribution is -0.342. The summed E-state index contributed by atoms with van der Waals surface area (Å²) in [5, 5.41) is 9.53. The lowest BCUT2D eigenvalue weighted by Crippen LogP contribution is -2.55. The van der Waals surface area contributed by atoms with Gasteiger partial charge < -0.3 is 23.7 Å². The topological polar surface area (TPSA) is 74.2 Å². The molecule has 0 bridgehead atoms. The maximum atomic E-state index is 11.6. The van der Waals surface area contributed by atoms with E-state index in [0.717, 1.165) is 32.3 Å². The average molecular weight is 543 g/mol. The molecule has 0 aromatic heterocycles. The van der Waals surface area contributed by atoms with Gasteiger partial charge in [-0.3, -0.25) is 4.79 Å². The highest BCUT2D eigenvalue weighted by Gasteiger charge is 2.50. The zero-order chi connectivity index (χ0) is 28.2. The number of rotatable bonds is 11. The number of aliphatic carboxylic acids is 1. The van der Waals surface area contributed by atoms with Crippen molar-refractivity contribution in [2.45, 2.75) is 149 Å². The molecule has 0 radical (unpaired) electrons. The largest absolute Gasteiger partial charge is 0.481 e. The highest BCUT2D eigenvalue weighted by Crippen LogP contribution is 2.47. The van der Waals surface area contributed by atoms with Crippen LogP contribution in [0.5, 0.6) is 0 Å². The van der Waals surface area contributed by atoms with Crippen LogP contribution in [0.1, 0.15) is 107 Å². The van der Waals surface area contributed by atoms with Crippen molar-refractivity contribution < 1.29 is 28.5 Å². The van der Waals surface area contributed by atoms with Gasteiger partial charge in [-0.2, -0.15) is 0 Å². The van der Waals surface area contributed by atoms with E-state index >= 15 is 0 Å². The molecule has 0 aromatic carbocycles. The van der Waals surface area contributed by atoms with E-state index in [9.17, 15) is 9.90 Å². The van der Waals surface area contributed by atoms with Crippen molar-refractivity contribution in [3.8, 4) is 0 Å². The molecule has 0 aromatic rings. The minimum absolute atomic E-state index is 0.00418. The first-order valence-electron chi connectivity index (χ1n) is 14.7. The molecule has 2 rings (SSSR count). The third-order valence-corrected chi connectivity index (χ3v) is 13.5. The first-order chi connectivity index (χ1) is 16.9. The molecule has 1 saturated heterocycles. The lowest BCUT2D eigenvalue weighted by atomic mass is 9.72. The molecule has 1 aliphatic heterocycles. The SMILES string of the molecule is CC(C)[C@@H]1CC[C@@H](C)C[C@@]12OCC[C@@H](C[C@H](OCC[C@H](CC(=O)O)O[Si](C)(C)C(C)(C)C)C(C)(C)C)O2. The molecule has 1 aliphatic carbocycles. The third-order valence-electron chi connectivity index (χ3n) is 9.00. The molecule has 218 valence electrons. The smallest absolute Gasteiger partial charge is 0.305 e. The molecule has 37 heavy (non-hydrogen) atoms. The molecule has 2 aliphatic rings. The summed E-state index contributed by atoms with van der Waals surface area (Å²) in [7, 11) is -2.08. The molecule has 1 spiro atoms. The van der Waals surface area contributed by atoms with E-state index in [1.54, 1.807) is 0 Å². The summed E-state index contributed by atoms with van der Waals surface area (Å²) in [6, 6.07) is 0. The van der Waals surface area contributed by atoms with Crippen LogP contribution in [0.3, 0.4) is 0 Å². The van der Waals surface area contributed by atoms with Gasteiger partial charge in [0.1, 0.15) is 0 Å². The summed E-state index contributed by atoms with van der Waals surface area (Å²) >= 11 is 0. The van der Waals surface area contributed by atoms with Crippen molar-refractivity contribution in [2.24, 2.45) is 23.2 Å². The van der Waals surface area contributed by atoms with Crippen LogP contribution in [0.25, 0.3) is 0 Å². The molecule has 2 fully saturated rings. The monoisotopic (exact) mass is 542 g/mol. The normalized spacial score (nSPS) is 29.5. The van der Waals surface area contributed by atoms with Gasteiger partial charge in [-0.15, -0.1) is 0 Å². The molecule has 0 unspecified atom stereocenters. The van der Waals surface area contributed by atoms with E-state index in [1.807, 2.05) is 0 Å². The van der Waals surface area contributed by atoms with E-state index in [4.69, 9.17) is 18.6 Å². The van der Waals surface area contributed by atoms with Crippen molar-refractivity contribution >= 4 is 14.3 Å². The number of ether oxygens (including phenoxy) is 3. The first-order valence-corrected chi connectivity index (χ1v) is 17.6. The number of carboxylic acids is 1. The highest BCUT2D eigenvalue weighted by molar-refractivity contribution is 6.74. The Labute approximate surface area is 228 Å². The zero-order valence-electron chi connectivity index (χ0n) is 25.8. The average Bonchev–Trinajstić information content (AvgIpc) is 2.70. The van der Waals surface area contributed by atoms with Crippen LogP contribution in [-0.4, -0.2) is 56.7 Å². The molecular weight excluding hydrogens is 484 g/mol. The van der Waals surface area contributed by atoms with Crippen molar-refractivity contribution in [1.29, 1.82) is 0 Å². The number of carboxylic acid groups (broad SMARTS) is 1. The molecule has 0 amide bonds. The van der Waals surface area contributed by atoms with Gasteiger partial charge in [0.05, 0.1) is 31.3 Å². The predicted molar refractivity (Wildman–Crippen MR) is 152 cm³/mol. The Morgan fingerprint density at radius 1 is 1.11 bits per heavy atom. The van der Waals surface area contributed by atoms with Crippen LogP contribution < -0.4 is 0 Å². The standard InChI is InChI=1S/C30H58O6Si/c1-21(2)25-13-12-22(3)20-30(25)34-17-15-23(35-30)18-26(28(4,5)6)33-16-14-24(19-27(31)32)36-37(10,11)29(7,8)9/h21-26H,12-20H2,1-11H3,(H,31,32)/t22-,23+,24-,25+,26+,30+/m1/s1. The fourth-order valence-electron chi connectivity index (χ4n) is 5.71. The van der Waals surface area contributed by atoms with Gasteiger partial charge in [0, 0.05) is 25.4 Å². The van der Waals surface area contributed by atoms with E-state index in [1.165, 1.54) is 6.42 Å². The maximum Gasteiger partial charge on any atom is 0.305 e. The summed E-state index contributed by atoms with van der Waals surface area (Å²) in [5.74, 6) is 0.257. The summed E-state index contributed by atoms with van der Waals surface area (Å²) in [4.78, 5) is 11.6. The molecule has 1 saturated carbocycles. The van der Waals surface area contributed by atoms with Gasteiger partial charge in [-0.25, -0.2) is 0 Å². The Morgan fingerprint density at radius 2 is 1.76 bits per heavy atom. The fourth-order valence-corrected chi connectivity index (χ4v) is 7.10. The van der Waals surface area contributed by atoms with Gasteiger partial charge in [0.15, 0.2) is 14.1 Å². The molecule has 1 heterocycles. The van der Waals surface area contributed by atoms with Crippen LogP contribution in [0.4, 0.5) is 0 Å². The van der Waals surface area contributed by atoms with Gasteiger partial charge >= 0.3 is 5.97 Å². The summed E-state index contributed by atoms with van der Waals surface area (Å²) in [5.41, 5.74) is -0.0608. The highest BCUT2D eigenvalue weighted by atomic mass is 28.4. The summed E-state index contributed by atoms with van der Waals surface area (Å²) in [6.45, 7) is 25.7. The van der Waals surface area contributed by atoms with Crippen LogP contribution in [0, 0.1) is 23.2 Å². The first kappa shape index (κ1) is 32.7. The van der Waals surface area contributed by atoms with Gasteiger partial charge in [0.25, 0.3) is 0 Å². The quantitative estimate of drug-likeness (QED) is 0.270. The number of carbonyl (C=O) groups is 1. The van der Waals surface area contributed by atoms with Crippen LogP contribution in [0.15, 0.2) is 0 Å². The van der Waals surface area contributed by atoms with Crippen molar-refractivity contribution in [3.63, 3.8) is 0 Å². The Hall–Kier alpha value is -0.473. The fraction of sp³-hybridized carbons (Fsp3) is 0.967. The van der Waals surface area contributed by atoms with Crippen LogP contribution >= 0.6 is 0 Å². The van der Waals surface area contributed by atoms with Crippen LogP contribution in [0.2, 0.25) is 18.1 Å². The number of hydrogen-bond donors (Lipinski definition) is 1. The zero-order valence-corrected chi connectivity index (χ0v) is 26.8. The molecule has 6 atom stereocenters. The maximum absolute atomic E-state index is 11.6. The second kappa shape index (κ2) is 12.8. The second-order valence-electron chi connectivity index (χ2n) is 14.8. The summed E-state index contributed by atoms with van der Waals surface area (Å²) in [6.07, 6.45) is 5.42. The Morgan fingerprint density at radius 3 is 2.30 bits per heavy atom. The van der Waals surface area contributed by atoms with Crippen molar-refractivity contribution in [1.82, 2.24) is 0 Å². The summed E-state index contributed by atoms with van der Waals surface area (Å²) < 4.78 is 26.3. The Balaban J connectivity index is 2.06. The third kappa shape index (κ3) is 9.30. The number of hydrogen-bond acceptors (Lipinski definition) is 5. The van der Waals surface area contributed by atoms with Gasteiger partial charge in [-0.05, 0) is 54.6 Å². The molecular formula is C30H58O6Si. The van der Waals surface area contributed by atoms with Crippen molar-refractivity contribution in [2.75, 3.05) is 13.2 Å². The predicted octanol–water partition coefficient (Wildman–Crippen LogP) is 7.66. The van der Waals surface area contributed by atoms with E-state index < -0.39 is 20.1 Å². The van der Waals surface area contributed by atoms with E-state index in [2.05, 4.69) is 75.4 Å². The van der Waals surface area contributed by atoms with E-state index in [-0.39, 0.29) is 35.2 Å². The minimum atomic E-state index is -2.08. The van der Waals surface area contributed by atoms with Crippen LogP contribution in [-0.2, 0) is 23.4 Å². The molecule has 1 N–H and O–H groups in total.